The molecule has 3 atom stereocenters. The molecule has 4 aromatic rings. The number of hydrogen-bond donors (Lipinski definition) is 2. The van der Waals surface area contributed by atoms with Crippen LogP contribution in [0.3, 0.4) is 0 Å². The highest BCUT2D eigenvalue weighted by Crippen LogP contribution is 2.54. The Balaban J connectivity index is 1.38. The number of carbonyl (C=O) groups is 3. The van der Waals surface area contributed by atoms with Crippen molar-refractivity contribution < 1.29 is 22.8 Å². The zero-order chi connectivity index (χ0) is 33.1. The van der Waals surface area contributed by atoms with E-state index in [1.165, 1.54) is 33.7 Å². The van der Waals surface area contributed by atoms with Crippen molar-refractivity contribution in [2.24, 2.45) is 11.1 Å². The highest BCUT2D eigenvalue weighted by Gasteiger charge is 2.56. The van der Waals surface area contributed by atoms with E-state index in [0.29, 0.717) is 21.3 Å². The van der Waals surface area contributed by atoms with Crippen LogP contribution in [0.15, 0.2) is 87.5 Å². The third-order valence-corrected chi connectivity index (χ3v) is 11.8. The number of carbonyl (C=O) groups excluding carboxylic acids is 3. The van der Waals surface area contributed by atoms with Crippen LogP contribution in [-0.4, -0.2) is 36.0 Å². The molecule has 2 unspecified atom stereocenters. The van der Waals surface area contributed by atoms with E-state index in [0.717, 1.165) is 39.8 Å². The maximum Gasteiger partial charge on any atom is 0.308 e. The number of thiazole rings is 1. The number of nitrogens with one attached hydrogen (secondary N) is 1. The third-order valence-electron chi connectivity index (χ3n) is 8.25. The van der Waals surface area contributed by atoms with Crippen molar-refractivity contribution in [1.29, 1.82) is 0 Å². The van der Waals surface area contributed by atoms with Gasteiger partial charge in [0.25, 0.3) is 0 Å². The normalized spacial score (nSPS) is 19.6. The molecule has 0 saturated carbocycles. The predicted octanol–water partition coefficient (Wildman–Crippen LogP) is 4.60. The van der Waals surface area contributed by atoms with E-state index in [2.05, 4.69) is 26.1 Å². The summed E-state index contributed by atoms with van der Waals surface area (Å²) in [4.78, 5) is 56.1. The largest absolute Gasteiger partial charge is 0.325 e. The summed E-state index contributed by atoms with van der Waals surface area (Å²) < 4.78 is 24.5. The number of thioether (sulfide) groups is 1. The van der Waals surface area contributed by atoms with Crippen molar-refractivity contribution in [3.63, 3.8) is 0 Å². The fourth-order valence-corrected chi connectivity index (χ4v) is 9.11. The minimum Gasteiger partial charge on any atom is -0.325 e. The Morgan fingerprint density at radius 2 is 1.54 bits per heavy atom. The smallest absolute Gasteiger partial charge is 0.308 e. The van der Waals surface area contributed by atoms with Crippen LogP contribution in [0.4, 0.5) is 11.4 Å². The lowest BCUT2D eigenvalue weighted by Crippen LogP contribution is -2.33. The quantitative estimate of drug-likeness (QED) is 0.284. The zero-order valence-corrected chi connectivity index (χ0v) is 28.0. The van der Waals surface area contributed by atoms with Crippen LogP contribution in [0.25, 0.3) is 0 Å². The minimum atomic E-state index is -3.90. The number of nitrogens with zero attached hydrogens (tertiary/aromatic N) is 2. The van der Waals surface area contributed by atoms with E-state index in [4.69, 9.17) is 5.14 Å². The van der Waals surface area contributed by atoms with Crippen LogP contribution >= 0.6 is 23.1 Å². The van der Waals surface area contributed by atoms with Crippen molar-refractivity contribution in [1.82, 2.24) is 4.57 Å². The highest BCUT2D eigenvalue weighted by atomic mass is 32.2. The van der Waals surface area contributed by atoms with E-state index in [1.54, 1.807) is 12.1 Å². The number of anilines is 2. The van der Waals surface area contributed by atoms with Crippen LogP contribution in [0.1, 0.15) is 48.3 Å². The first kappa shape index (κ1) is 31.9. The van der Waals surface area contributed by atoms with E-state index >= 15 is 0 Å². The summed E-state index contributed by atoms with van der Waals surface area (Å²) in [6.07, 6.45) is 0. The maximum absolute atomic E-state index is 14.1. The number of imide groups is 1. The molecule has 0 bridgehead atoms. The first-order valence-corrected chi connectivity index (χ1v) is 17.8. The van der Waals surface area contributed by atoms with Gasteiger partial charge < -0.3 is 5.32 Å². The van der Waals surface area contributed by atoms with Gasteiger partial charge in [-0.15, -0.1) is 0 Å². The number of fused-ring (bicyclic) bond motifs is 2. The summed E-state index contributed by atoms with van der Waals surface area (Å²) in [7, 11) is -3.90. The highest BCUT2D eigenvalue weighted by molar-refractivity contribution is 8.00. The van der Waals surface area contributed by atoms with Crippen LogP contribution in [0.5, 0.6) is 0 Å². The molecule has 0 aliphatic carbocycles. The lowest BCUT2D eigenvalue weighted by molar-refractivity contribution is -0.122. The Bertz CT molecular complexity index is 2030. The monoisotopic (exact) mass is 676 g/mol. The predicted molar refractivity (Wildman–Crippen MR) is 179 cm³/mol. The van der Waals surface area contributed by atoms with Gasteiger partial charge >= 0.3 is 4.87 Å². The average molecular weight is 677 g/mol. The number of hydrogen-bond acceptors (Lipinski definition) is 8. The van der Waals surface area contributed by atoms with Crippen LogP contribution in [0.2, 0.25) is 0 Å². The minimum absolute atomic E-state index is 0.100. The lowest BCUT2D eigenvalue weighted by atomic mass is 9.81. The standard InChI is InChI=1S/C33H32N4O6S3/c1-18-5-13-22(14-6-18)37-29(39)26-25(19-7-9-20(10-8-19)33(2,3)4)28-31(44-27(26)30(37)40)36(32(41)45-28)17-24(38)35-21-11-15-23(16-12-21)46(34,42)43/h5-16,25-27H,17H2,1-4H3,(H,35,38)(H2,34,42,43)/t25-,26?,27?/m0/s1. The summed E-state index contributed by atoms with van der Waals surface area (Å²) in [5, 5.41) is 7.52. The summed E-state index contributed by atoms with van der Waals surface area (Å²) in [6.45, 7) is 7.91. The van der Waals surface area contributed by atoms with Gasteiger partial charge in [0.15, 0.2) is 0 Å². The number of rotatable bonds is 6. The molecule has 0 spiro atoms. The SMILES string of the molecule is Cc1ccc(N2C(=O)C3Sc4c(sc(=O)n4CC(=O)Nc4ccc(S(N)(=O)=O)cc4)[C@@H](c4ccc(C(C)(C)C)cc4)C3C2=O)cc1. The van der Waals surface area contributed by atoms with Gasteiger partial charge in [-0.25, -0.2) is 18.5 Å². The summed E-state index contributed by atoms with van der Waals surface area (Å²) in [5.74, 6) is -2.53. The maximum atomic E-state index is 14.1. The molecule has 1 saturated heterocycles. The van der Waals surface area contributed by atoms with E-state index < -0.39 is 33.0 Å². The van der Waals surface area contributed by atoms with Crippen molar-refractivity contribution in [2.45, 2.75) is 60.7 Å². The molecule has 3 N–H and O–H groups in total. The third kappa shape index (κ3) is 5.83. The molecular weight excluding hydrogens is 645 g/mol. The Hall–Kier alpha value is -4.04. The molecule has 3 heterocycles. The number of amides is 3. The summed E-state index contributed by atoms with van der Waals surface area (Å²) >= 11 is 2.13. The summed E-state index contributed by atoms with van der Waals surface area (Å²) in [6, 6.07) is 20.5. The van der Waals surface area contributed by atoms with Gasteiger partial charge in [-0.1, -0.05) is 85.8 Å². The number of primary sulfonamides is 1. The van der Waals surface area contributed by atoms with E-state index in [-0.39, 0.29) is 33.5 Å². The molecule has 6 rings (SSSR count). The van der Waals surface area contributed by atoms with Gasteiger partial charge in [-0.3, -0.25) is 23.7 Å². The van der Waals surface area contributed by atoms with Gasteiger partial charge in [-0.2, -0.15) is 0 Å². The Kier molecular flexibility index (Phi) is 8.08. The van der Waals surface area contributed by atoms with Crippen molar-refractivity contribution in [3.05, 3.63) is 104 Å². The average Bonchev–Trinajstić information content (AvgIpc) is 3.43. The molecule has 1 aromatic heterocycles. The number of aryl methyl sites for hydroxylation is 1. The number of sulfonamides is 1. The van der Waals surface area contributed by atoms with Gasteiger partial charge in [0.05, 0.1) is 21.5 Å². The van der Waals surface area contributed by atoms with Crippen LogP contribution < -0.4 is 20.2 Å². The van der Waals surface area contributed by atoms with Gasteiger partial charge in [0.1, 0.15) is 11.8 Å². The second-order valence-electron chi connectivity index (χ2n) is 12.5. The Morgan fingerprint density at radius 3 is 2.13 bits per heavy atom. The van der Waals surface area contributed by atoms with Crippen molar-refractivity contribution in [2.75, 3.05) is 10.2 Å². The van der Waals surface area contributed by atoms with E-state index in [9.17, 15) is 27.6 Å². The first-order chi connectivity index (χ1) is 21.6. The van der Waals surface area contributed by atoms with Crippen molar-refractivity contribution >= 4 is 62.2 Å². The molecule has 46 heavy (non-hydrogen) atoms. The molecular formula is C33H32N4O6S3. The molecule has 238 valence electrons. The van der Waals surface area contributed by atoms with E-state index in [1.807, 2.05) is 43.3 Å². The van der Waals surface area contributed by atoms with Gasteiger partial charge in [0, 0.05) is 16.5 Å². The molecule has 3 amide bonds. The van der Waals surface area contributed by atoms with Crippen LogP contribution in [-0.2, 0) is 36.4 Å². The second kappa shape index (κ2) is 11.6. The topological polar surface area (TPSA) is 149 Å². The number of benzene rings is 3. The van der Waals surface area contributed by atoms with Gasteiger partial charge in [-0.05, 0) is 59.9 Å². The molecule has 13 heteroatoms. The zero-order valence-electron chi connectivity index (χ0n) is 25.5. The second-order valence-corrected chi connectivity index (χ2v) is 16.2. The Labute approximate surface area is 274 Å². The summed E-state index contributed by atoms with van der Waals surface area (Å²) in [5.41, 5.74) is 3.62. The van der Waals surface area contributed by atoms with Crippen molar-refractivity contribution in [3.8, 4) is 0 Å². The van der Waals surface area contributed by atoms with Gasteiger partial charge in [0.2, 0.25) is 27.7 Å². The van der Waals surface area contributed by atoms with Crippen LogP contribution in [0, 0.1) is 12.8 Å². The Morgan fingerprint density at radius 1 is 0.913 bits per heavy atom. The number of aromatic nitrogens is 1. The fraction of sp³-hybridized carbons (Fsp3) is 0.273. The molecule has 0 radical (unpaired) electrons. The first-order valence-electron chi connectivity index (χ1n) is 14.5. The molecule has 2 aliphatic rings. The lowest BCUT2D eigenvalue weighted by Gasteiger charge is -2.31. The molecule has 10 nitrogen and oxygen atoms in total. The number of nitrogens with two attached hydrogens (primary N) is 1. The molecule has 2 aliphatic heterocycles. The fourth-order valence-electron chi connectivity index (χ4n) is 5.83. The molecule has 1 fully saturated rings. The molecule has 3 aromatic carbocycles.